The third kappa shape index (κ3) is 3.27. The zero-order valence-corrected chi connectivity index (χ0v) is 11.7. The molecule has 1 N–H and O–H groups in total. The fourth-order valence-corrected chi connectivity index (χ4v) is 1.95. The van der Waals surface area contributed by atoms with E-state index in [1.165, 1.54) is 24.4 Å². The Hall–Kier alpha value is -1.53. The van der Waals surface area contributed by atoms with Gasteiger partial charge in [-0.25, -0.2) is 13.8 Å². The van der Waals surface area contributed by atoms with Crippen LogP contribution in [-0.2, 0) is 6.54 Å². The van der Waals surface area contributed by atoms with Crippen molar-refractivity contribution in [3.05, 3.63) is 52.1 Å². The number of benzene rings is 1. The number of nitrogens with one attached hydrogen (secondary N) is 1. The van der Waals surface area contributed by atoms with Crippen LogP contribution >= 0.6 is 15.9 Å². The van der Waals surface area contributed by atoms with E-state index in [-0.39, 0.29) is 5.88 Å². The molecule has 0 aliphatic heterocycles. The largest absolute Gasteiger partial charge is 0.435 e. The zero-order chi connectivity index (χ0) is 13.8. The molecule has 1 aromatic heterocycles. The summed E-state index contributed by atoms with van der Waals surface area (Å²) in [7, 11) is 1.72. The van der Waals surface area contributed by atoms with E-state index in [0.717, 1.165) is 0 Å². The summed E-state index contributed by atoms with van der Waals surface area (Å²) in [4.78, 5) is 3.84. The van der Waals surface area contributed by atoms with Crippen molar-refractivity contribution >= 4 is 15.9 Å². The number of rotatable bonds is 4. The first-order valence-electron chi connectivity index (χ1n) is 5.52. The summed E-state index contributed by atoms with van der Waals surface area (Å²) in [5.41, 5.74) is 0.450. The Morgan fingerprint density at radius 1 is 1.32 bits per heavy atom. The van der Waals surface area contributed by atoms with Crippen LogP contribution in [0.1, 0.15) is 5.56 Å². The highest BCUT2D eigenvalue weighted by atomic mass is 79.9. The summed E-state index contributed by atoms with van der Waals surface area (Å²) in [6.45, 7) is 0.370. The van der Waals surface area contributed by atoms with E-state index in [9.17, 15) is 8.78 Å². The summed E-state index contributed by atoms with van der Waals surface area (Å²) < 4.78 is 32.7. The Balaban J connectivity index is 2.30. The molecule has 0 spiro atoms. The van der Waals surface area contributed by atoms with Gasteiger partial charge < -0.3 is 10.1 Å². The predicted octanol–water partition coefficient (Wildman–Crippen LogP) is 3.63. The lowest BCUT2D eigenvalue weighted by Gasteiger charge is -2.09. The van der Waals surface area contributed by atoms with Crippen molar-refractivity contribution in [2.45, 2.75) is 6.54 Å². The van der Waals surface area contributed by atoms with E-state index in [4.69, 9.17) is 4.74 Å². The molecule has 3 nitrogen and oxygen atoms in total. The molecule has 0 fully saturated rings. The second-order valence-corrected chi connectivity index (χ2v) is 4.65. The maximum Gasteiger partial charge on any atom is 0.256 e. The van der Waals surface area contributed by atoms with E-state index in [0.29, 0.717) is 22.3 Å². The van der Waals surface area contributed by atoms with Crippen LogP contribution in [0, 0.1) is 11.6 Å². The van der Waals surface area contributed by atoms with Crippen LogP contribution in [0.2, 0.25) is 0 Å². The van der Waals surface area contributed by atoms with Gasteiger partial charge in [-0.1, -0.05) is 0 Å². The van der Waals surface area contributed by atoms with Crippen molar-refractivity contribution in [2.24, 2.45) is 0 Å². The third-order valence-corrected chi connectivity index (χ3v) is 3.02. The lowest BCUT2D eigenvalue weighted by atomic mass is 10.2. The summed E-state index contributed by atoms with van der Waals surface area (Å²) in [6, 6.07) is 5.45. The van der Waals surface area contributed by atoms with E-state index >= 15 is 0 Å². The molecule has 0 amide bonds. The van der Waals surface area contributed by atoms with Crippen LogP contribution in [0.15, 0.2) is 34.9 Å². The maximum absolute atomic E-state index is 14.0. The van der Waals surface area contributed by atoms with Gasteiger partial charge in [0.05, 0.1) is 4.47 Å². The van der Waals surface area contributed by atoms with Crippen LogP contribution in [-0.4, -0.2) is 12.0 Å². The fourth-order valence-electron chi connectivity index (χ4n) is 1.52. The molecule has 1 aromatic carbocycles. The Kier molecular flexibility index (Phi) is 4.44. The van der Waals surface area contributed by atoms with Gasteiger partial charge in [0.2, 0.25) is 0 Å². The average molecular weight is 329 g/mol. The lowest BCUT2D eigenvalue weighted by molar-refractivity contribution is 0.415. The first-order chi connectivity index (χ1) is 9.11. The van der Waals surface area contributed by atoms with Gasteiger partial charge in [-0.2, -0.15) is 0 Å². The van der Waals surface area contributed by atoms with Crippen molar-refractivity contribution in [3.63, 3.8) is 0 Å². The summed E-state index contributed by atoms with van der Waals surface area (Å²) in [6.07, 6.45) is 1.46. The molecule has 0 atom stereocenters. The second kappa shape index (κ2) is 6.08. The Bertz CT molecular complexity index is 593. The Labute approximate surface area is 117 Å². The minimum Gasteiger partial charge on any atom is -0.435 e. The van der Waals surface area contributed by atoms with Gasteiger partial charge in [0, 0.05) is 18.3 Å². The third-order valence-electron chi connectivity index (χ3n) is 2.40. The summed E-state index contributed by atoms with van der Waals surface area (Å²) >= 11 is 3.15. The van der Waals surface area contributed by atoms with Gasteiger partial charge in [0.15, 0.2) is 5.82 Å². The van der Waals surface area contributed by atoms with Gasteiger partial charge in [0.25, 0.3) is 5.88 Å². The Morgan fingerprint density at radius 2 is 2.11 bits per heavy atom. The maximum atomic E-state index is 14.0. The fraction of sp³-hybridized carbons (Fsp3) is 0.154. The molecule has 0 unspecified atom stereocenters. The zero-order valence-electron chi connectivity index (χ0n) is 10.1. The second-order valence-electron chi connectivity index (χ2n) is 3.80. The van der Waals surface area contributed by atoms with Crippen molar-refractivity contribution in [2.75, 3.05) is 7.05 Å². The SMILES string of the molecule is CNCc1ccnc(Oc2ccc(F)cc2Br)c1F. The number of nitrogens with zero attached hydrogens (tertiary/aromatic N) is 1. The van der Waals surface area contributed by atoms with Crippen LogP contribution in [0.4, 0.5) is 8.78 Å². The van der Waals surface area contributed by atoms with Gasteiger partial charge in [-0.05, 0) is 47.2 Å². The smallest absolute Gasteiger partial charge is 0.256 e. The molecule has 0 aliphatic carbocycles. The van der Waals surface area contributed by atoms with Gasteiger partial charge >= 0.3 is 0 Å². The molecule has 100 valence electrons. The summed E-state index contributed by atoms with van der Waals surface area (Å²) in [5.74, 6) is -0.779. The predicted molar refractivity (Wildman–Crippen MR) is 71.1 cm³/mol. The monoisotopic (exact) mass is 328 g/mol. The summed E-state index contributed by atoms with van der Waals surface area (Å²) in [5, 5.41) is 2.85. The number of pyridine rings is 1. The molecular weight excluding hydrogens is 318 g/mol. The van der Waals surface area contributed by atoms with Crippen LogP contribution in [0.3, 0.4) is 0 Å². The first-order valence-corrected chi connectivity index (χ1v) is 6.32. The molecule has 0 radical (unpaired) electrons. The van der Waals surface area contributed by atoms with E-state index in [1.807, 2.05) is 0 Å². The molecule has 2 aromatic rings. The van der Waals surface area contributed by atoms with Crippen LogP contribution < -0.4 is 10.1 Å². The molecule has 0 saturated heterocycles. The first kappa shape index (κ1) is 13.9. The van der Waals surface area contributed by atoms with E-state index in [1.54, 1.807) is 13.1 Å². The highest BCUT2D eigenvalue weighted by Gasteiger charge is 2.13. The van der Waals surface area contributed by atoms with Crippen LogP contribution in [0.25, 0.3) is 0 Å². The van der Waals surface area contributed by atoms with Gasteiger partial charge in [-0.15, -0.1) is 0 Å². The lowest BCUT2D eigenvalue weighted by Crippen LogP contribution is -2.08. The molecule has 6 heteroatoms. The number of ether oxygens (including phenoxy) is 1. The normalized spacial score (nSPS) is 10.5. The number of hydrogen-bond acceptors (Lipinski definition) is 3. The average Bonchev–Trinajstić information content (AvgIpc) is 2.37. The minimum atomic E-state index is -0.534. The molecule has 2 rings (SSSR count). The Morgan fingerprint density at radius 3 is 2.79 bits per heavy atom. The standard InChI is InChI=1S/C13H11BrF2N2O/c1-17-7-8-4-5-18-13(12(8)16)19-11-3-2-9(15)6-10(11)14/h2-6,17H,7H2,1H3. The molecule has 1 heterocycles. The van der Waals surface area contributed by atoms with Crippen molar-refractivity contribution < 1.29 is 13.5 Å². The quantitative estimate of drug-likeness (QED) is 0.930. The van der Waals surface area contributed by atoms with Crippen molar-refractivity contribution in [1.82, 2.24) is 10.3 Å². The van der Waals surface area contributed by atoms with Crippen molar-refractivity contribution in [1.29, 1.82) is 0 Å². The van der Waals surface area contributed by atoms with Crippen molar-refractivity contribution in [3.8, 4) is 11.6 Å². The highest BCUT2D eigenvalue weighted by Crippen LogP contribution is 2.31. The highest BCUT2D eigenvalue weighted by molar-refractivity contribution is 9.10. The number of halogens is 3. The molecule has 0 aliphatic rings. The molecule has 0 bridgehead atoms. The molecule has 0 saturated carbocycles. The van der Waals surface area contributed by atoms with Crippen LogP contribution in [0.5, 0.6) is 11.6 Å². The minimum absolute atomic E-state index is 0.139. The van der Waals surface area contributed by atoms with E-state index < -0.39 is 11.6 Å². The molecule has 19 heavy (non-hydrogen) atoms. The van der Waals surface area contributed by atoms with Gasteiger partial charge in [0.1, 0.15) is 11.6 Å². The number of hydrogen-bond donors (Lipinski definition) is 1. The number of aromatic nitrogens is 1. The van der Waals surface area contributed by atoms with Gasteiger partial charge in [-0.3, -0.25) is 0 Å². The molecular formula is C13H11BrF2N2O. The van der Waals surface area contributed by atoms with E-state index in [2.05, 4.69) is 26.2 Å². The topological polar surface area (TPSA) is 34.2 Å².